The van der Waals surface area contributed by atoms with Gasteiger partial charge in [0.15, 0.2) is 0 Å². The number of rotatable bonds is 5. The summed E-state index contributed by atoms with van der Waals surface area (Å²) in [6.45, 7) is 2.75. The Morgan fingerprint density at radius 1 is 1.37 bits per heavy atom. The van der Waals surface area contributed by atoms with E-state index >= 15 is 0 Å². The molecule has 19 heavy (non-hydrogen) atoms. The Morgan fingerprint density at radius 2 is 2.11 bits per heavy atom. The topological polar surface area (TPSA) is 46.3 Å². The zero-order valence-corrected chi connectivity index (χ0v) is 11.4. The van der Waals surface area contributed by atoms with E-state index in [0.717, 1.165) is 5.56 Å². The highest BCUT2D eigenvalue weighted by Crippen LogP contribution is 2.11. The van der Waals surface area contributed by atoms with Crippen LogP contribution in [0.1, 0.15) is 21.8 Å². The average Bonchev–Trinajstić information content (AvgIpc) is 2.85. The summed E-state index contributed by atoms with van der Waals surface area (Å²) < 4.78 is 5.01. The Labute approximate surface area is 117 Å². The standard InChI is InChI=1S/C14H15ClN2O2/c1-11-9-13(19-16-11)14(18)17(8-7-15)10-12-5-3-2-4-6-12/h2-6,9H,7-8,10H2,1H3. The minimum Gasteiger partial charge on any atom is -0.351 e. The molecule has 0 aliphatic rings. The molecule has 0 saturated heterocycles. The van der Waals surface area contributed by atoms with Crippen molar-refractivity contribution in [1.29, 1.82) is 0 Å². The van der Waals surface area contributed by atoms with Crippen molar-refractivity contribution < 1.29 is 9.32 Å². The highest BCUT2D eigenvalue weighted by molar-refractivity contribution is 6.18. The largest absolute Gasteiger partial charge is 0.351 e. The van der Waals surface area contributed by atoms with E-state index in [2.05, 4.69) is 5.16 Å². The van der Waals surface area contributed by atoms with Gasteiger partial charge >= 0.3 is 0 Å². The molecule has 0 unspecified atom stereocenters. The zero-order valence-electron chi connectivity index (χ0n) is 10.7. The van der Waals surface area contributed by atoms with Crippen molar-refractivity contribution in [3.63, 3.8) is 0 Å². The first-order valence-electron chi connectivity index (χ1n) is 6.03. The van der Waals surface area contributed by atoms with Gasteiger partial charge in [-0.15, -0.1) is 11.6 Å². The molecule has 0 aliphatic heterocycles. The predicted molar refractivity (Wildman–Crippen MR) is 73.1 cm³/mol. The SMILES string of the molecule is Cc1cc(C(=O)N(CCCl)Cc2ccccc2)on1. The van der Waals surface area contributed by atoms with Gasteiger partial charge in [-0.1, -0.05) is 35.5 Å². The van der Waals surface area contributed by atoms with Crippen molar-refractivity contribution in [3.05, 3.63) is 53.4 Å². The zero-order chi connectivity index (χ0) is 13.7. The molecule has 100 valence electrons. The monoisotopic (exact) mass is 278 g/mol. The third-order valence-electron chi connectivity index (χ3n) is 2.70. The molecular formula is C14H15ClN2O2. The van der Waals surface area contributed by atoms with E-state index in [1.165, 1.54) is 0 Å². The van der Waals surface area contributed by atoms with E-state index < -0.39 is 0 Å². The van der Waals surface area contributed by atoms with Crippen molar-refractivity contribution in [2.75, 3.05) is 12.4 Å². The molecule has 5 heteroatoms. The Morgan fingerprint density at radius 3 is 2.68 bits per heavy atom. The second kappa shape index (κ2) is 6.38. The first-order chi connectivity index (χ1) is 9.20. The molecule has 4 nitrogen and oxygen atoms in total. The van der Waals surface area contributed by atoms with Crippen LogP contribution in [0.4, 0.5) is 0 Å². The summed E-state index contributed by atoms with van der Waals surface area (Å²) >= 11 is 5.76. The summed E-state index contributed by atoms with van der Waals surface area (Å²) in [5, 5.41) is 3.73. The third kappa shape index (κ3) is 3.58. The minimum atomic E-state index is -0.190. The number of nitrogens with zero attached hydrogens (tertiary/aromatic N) is 2. The van der Waals surface area contributed by atoms with Crippen molar-refractivity contribution in [2.24, 2.45) is 0 Å². The maximum atomic E-state index is 12.3. The number of aryl methyl sites for hydroxylation is 1. The fourth-order valence-electron chi connectivity index (χ4n) is 1.78. The summed E-state index contributed by atoms with van der Waals surface area (Å²) in [4.78, 5) is 13.9. The molecule has 0 radical (unpaired) electrons. The van der Waals surface area contributed by atoms with Crippen molar-refractivity contribution in [3.8, 4) is 0 Å². The lowest BCUT2D eigenvalue weighted by Gasteiger charge is -2.20. The van der Waals surface area contributed by atoms with Crippen LogP contribution in [-0.2, 0) is 6.54 Å². The summed E-state index contributed by atoms with van der Waals surface area (Å²) in [6, 6.07) is 11.4. The summed E-state index contributed by atoms with van der Waals surface area (Å²) in [5.74, 6) is 0.440. The van der Waals surface area contributed by atoms with Gasteiger partial charge in [-0.25, -0.2) is 0 Å². The van der Waals surface area contributed by atoms with E-state index in [9.17, 15) is 4.79 Å². The van der Waals surface area contributed by atoms with Gasteiger partial charge < -0.3 is 9.42 Å². The molecule has 2 aromatic rings. The lowest BCUT2D eigenvalue weighted by atomic mass is 10.2. The lowest BCUT2D eigenvalue weighted by molar-refractivity contribution is 0.0711. The van der Waals surface area contributed by atoms with Crippen LogP contribution in [0.3, 0.4) is 0 Å². The number of benzene rings is 1. The molecule has 0 spiro atoms. The number of aromatic nitrogens is 1. The molecule has 0 fully saturated rings. The number of halogens is 1. The van der Waals surface area contributed by atoms with E-state index in [1.807, 2.05) is 30.3 Å². The first-order valence-corrected chi connectivity index (χ1v) is 6.56. The normalized spacial score (nSPS) is 10.4. The van der Waals surface area contributed by atoms with Crippen LogP contribution in [0, 0.1) is 6.92 Å². The van der Waals surface area contributed by atoms with Gasteiger partial charge in [-0.05, 0) is 12.5 Å². The van der Waals surface area contributed by atoms with Crippen molar-refractivity contribution in [2.45, 2.75) is 13.5 Å². The number of carbonyl (C=O) groups excluding carboxylic acids is 1. The fraction of sp³-hybridized carbons (Fsp3) is 0.286. The molecule has 0 bridgehead atoms. The molecule has 2 rings (SSSR count). The van der Waals surface area contributed by atoms with Crippen molar-refractivity contribution >= 4 is 17.5 Å². The van der Waals surface area contributed by atoms with E-state index in [4.69, 9.17) is 16.1 Å². The molecule has 1 amide bonds. The maximum absolute atomic E-state index is 12.3. The van der Waals surface area contributed by atoms with Gasteiger partial charge in [-0.3, -0.25) is 4.79 Å². The van der Waals surface area contributed by atoms with Crippen LogP contribution in [0.25, 0.3) is 0 Å². The quantitative estimate of drug-likeness (QED) is 0.790. The molecule has 1 aromatic carbocycles. The van der Waals surface area contributed by atoms with Gasteiger partial charge in [0.1, 0.15) is 0 Å². The Balaban J connectivity index is 2.13. The fourth-order valence-corrected chi connectivity index (χ4v) is 1.98. The second-order valence-electron chi connectivity index (χ2n) is 4.23. The van der Waals surface area contributed by atoms with E-state index in [0.29, 0.717) is 24.7 Å². The maximum Gasteiger partial charge on any atom is 0.292 e. The average molecular weight is 279 g/mol. The lowest BCUT2D eigenvalue weighted by Crippen LogP contribution is -2.32. The molecule has 0 saturated carbocycles. The van der Waals surface area contributed by atoms with Gasteiger partial charge in [0, 0.05) is 25.0 Å². The van der Waals surface area contributed by atoms with Gasteiger partial charge in [0.25, 0.3) is 5.91 Å². The highest BCUT2D eigenvalue weighted by atomic mass is 35.5. The number of carbonyl (C=O) groups is 1. The molecule has 0 N–H and O–H groups in total. The molecule has 0 atom stereocenters. The summed E-state index contributed by atoms with van der Waals surface area (Å²) in [5.41, 5.74) is 1.74. The summed E-state index contributed by atoms with van der Waals surface area (Å²) in [6.07, 6.45) is 0. The number of hydrogen-bond donors (Lipinski definition) is 0. The second-order valence-corrected chi connectivity index (χ2v) is 4.61. The van der Waals surface area contributed by atoms with Crippen molar-refractivity contribution in [1.82, 2.24) is 10.1 Å². The first kappa shape index (κ1) is 13.6. The van der Waals surface area contributed by atoms with E-state index in [1.54, 1.807) is 17.9 Å². The smallest absolute Gasteiger partial charge is 0.292 e. The predicted octanol–water partition coefficient (Wildman–Crippen LogP) is 2.86. The summed E-state index contributed by atoms with van der Waals surface area (Å²) in [7, 11) is 0. The third-order valence-corrected chi connectivity index (χ3v) is 2.87. The highest BCUT2D eigenvalue weighted by Gasteiger charge is 2.19. The molecular weight excluding hydrogens is 264 g/mol. The molecule has 1 heterocycles. The Hall–Kier alpha value is -1.81. The molecule has 1 aromatic heterocycles. The number of alkyl halides is 1. The van der Waals surface area contributed by atoms with Crippen LogP contribution in [-0.4, -0.2) is 28.4 Å². The minimum absolute atomic E-state index is 0.190. The Bertz CT molecular complexity index is 539. The van der Waals surface area contributed by atoms with Gasteiger partial charge in [0.05, 0.1) is 5.69 Å². The van der Waals surface area contributed by atoms with E-state index in [-0.39, 0.29) is 11.7 Å². The van der Waals surface area contributed by atoms with Crippen LogP contribution < -0.4 is 0 Å². The van der Waals surface area contributed by atoms with Crippen LogP contribution in [0.2, 0.25) is 0 Å². The van der Waals surface area contributed by atoms with Gasteiger partial charge in [0.2, 0.25) is 5.76 Å². The Kier molecular flexibility index (Phi) is 4.58. The van der Waals surface area contributed by atoms with Gasteiger partial charge in [-0.2, -0.15) is 0 Å². The van der Waals surface area contributed by atoms with Crippen LogP contribution in [0.15, 0.2) is 40.9 Å². The molecule has 0 aliphatic carbocycles. The van der Waals surface area contributed by atoms with Crippen LogP contribution >= 0.6 is 11.6 Å². The number of amides is 1. The number of hydrogen-bond acceptors (Lipinski definition) is 3. The van der Waals surface area contributed by atoms with Crippen LogP contribution in [0.5, 0.6) is 0 Å².